The van der Waals surface area contributed by atoms with Crippen molar-refractivity contribution in [1.29, 1.82) is 0 Å². The minimum atomic E-state index is -0.950. The van der Waals surface area contributed by atoms with Gasteiger partial charge < -0.3 is 20.1 Å². The van der Waals surface area contributed by atoms with Gasteiger partial charge in [-0.15, -0.1) is 23.1 Å². The van der Waals surface area contributed by atoms with Crippen molar-refractivity contribution in [2.75, 3.05) is 7.11 Å². The molecule has 1 fully saturated rings. The third-order valence-electron chi connectivity index (χ3n) is 4.16. The summed E-state index contributed by atoms with van der Waals surface area (Å²) in [5.74, 6) is -1.19. The van der Waals surface area contributed by atoms with E-state index in [1.807, 2.05) is 17.5 Å². The molecule has 1 aromatic heterocycles. The summed E-state index contributed by atoms with van der Waals surface area (Å²) >= 11 is 2.78. The van der Waals surface area contributed by atoms with E-state index in [4.69, 9.17) is 4.74 Å². The molecule has 2 unspecified atom stereocenters. The number of hydrogen-bond donors (Lipinski definition) is 2. The number of thioether (sulfide) groups is 1. The van der Waals surface area contributed by atoms with Crippen LogP contribution in [-0.4, -0.2) is 58.5 Å². The van der Waals surface area contributed by atoms with Gasteiger partial charge in [0.15, 0.2) is 6.04 Å². The molecule has 2 aliphatic rings. The Kier molecular flexibility index (Phi) is 5.16. The Balaban J connectivity index is 1.72. The van der Waals surface area contributed by atoms with Gasteiger partial charge in [-0.2, -0.15) is 0 Å². The van der Waals surface area contributed by atoms with Crippen LogP contribution in [0.4, 0.5) is 0 Å². The van der Waals surface area contributed by atoms with Crippen LogP contribution in [-0.2, 0) is 25.5 Å². The van der Waals surface area contributed by atoms with Crippen LogP contribution in [0, 0.1) is 0 Å². The Morgan fingerprint density at radius 3 is 2.84 bits per heavy atom. The third-order valence-corrected chi connectivity index (χ3v) is 6.22. The molecule has 1 aromatic rings. The summed E-state index contributed by atoms with van der Waals surface area (Å²) in [6.45, 7) is 1.53. The highest BCUT2D eigenvalue weighted by atomic mass is 32.2. The van der Waals surface area contributed by atoms with Crippen LogP contribution in [0.5, 0.6) is 0 Å². The predicted octanol–water partition coefficient (Wildman–Crippen LogP) is 0.497. The van der Waals surface area contributed by atoms with Crippen molar-refractivity contribution in [2.24, 2.45) is 0 Å². The summed E-state index contributed by atoms with van der Waals surface area (Å²) in [6, 6.07) is 2.09. The fourth-order valence-corrected chi connectivity index (χ4v) is 4.92. The Hall–Kier alpha value is -1.84. The number of amides is 2. The minimum absolute atomic E-state index is 0.216. The summed E-state index contributed by atoms with van der Waals surface area (Å²) in [7, 11) is 1.24. The van der Waals surface area contributed by atoms with Crippen molar-refractivity contribution in [1.82, 2.24) is 10.2 Å². The van der Waals surface area contributed by atoms with Gasteiger partial charge in [0.2, 0.25) is 11.8 Å². The number of carbonyl (C=O) groups is 3. The van der Waals surface area contributed by atoms with Crippen molar-refractivity contribution >= 4 is 40.9 Å². The Morgan fingerprint density at radius 2 is 2.24 bits per heavy atom. The van der Waals surface area contributed by atoms with Crippen molar-refractivity contribution in [3.8, 4) is 0 Å². The van der Waals surface area contributed by atoms with E-state index in [0.29, 0.717) is 5.57 Å². The fourth-order valence-electron chi connectivity index (χ4n) is 2.90. The molecule has 9 heteroatoms. The lowest BCUT2D eigenvalue weighted by Gasteiger charge is -2.52. The zero-order valence-electron chi connectivity index (χ0n) is 13.7. The lowest BCUT2D eigenvalue weighted by atomic mass is 9.95. The Morgan fingerprint density at radius 1 is 1.48 bits per heavy atom. The number of hydrogen-bond acceptors (Lipinski definition) is 7. The number of carbonyl (C=O) groups excluding carboxylic acids is 3. The van der Waals surface area contributed by atoms with Gasteiger partial charge in [0, 0.05) is 4.88 Å². The SMILES string of the molecule is COC(=O)C1C(C(C)O)=CS[C@@H]2[C@H](NC(=O)Cc3cccs3)C(=O)N12. The molecule has 7 nitrogen and oxygen atoms in total. The van der Waals surface area contributed by atoms with Gasteiger partial charge in [0.25, 0.3) is 0 Å². The van der Waals surface area contributed by atoms with Gasteiger partial charge in [-0.25, -0.2) is 4.79 Å². The Bertz CT molecular complexity index is 716. The van der Waals surface area contributed by atoms with E-state index in [1.165, 1.54) is 42.0 Å². The first-order valence-corrected chi connectivity index (χ1v) is 9.51. The van der Waals surface area contributed by atoms with Crippen molar-refractivity contribution < 1.29 is 24.2 Å². The fraction of sp³-hybridized carbons (Fsp3) is 0.438. The van der Waals surface area contributed by atoms with E-state index in [2.05, 4.69) is 5.32 Å². The number of aliphatic hydroxyl groups excluding tert-OH is 1. The normalized spacial score (nSPS) is 26.2. The van der Waals surface area contributed by atoms with Crippen molar-refractivity contribution in [2.45, 2.75) is 36.9 Å². The molecule has 0 radical (unpaired) electrons. The molecule has 2 amide bonds. The number of methoxy groups -OCH3 is 1. The first-order chi connectivity index (χ1) is 11.9. The molecule has 4 atom stereocenters. The van der Waals surface area contributed by atoms with E-state index in [1.54, 1.807) is 5.41 Å². The molecule has 134 valence electrons. The number of β-lactam (4-membered cyclic amide) rings is 1. The van der Waals surface area contributed by atoms with Gasteiger partial charge in [0.05, 0.1) is 19.6 Å². The van der Waals surface area contributed by atoms with Crippen molar-refractivity contribution in [3.63, 3.8) is 0 Å². The van der Waals surface area contributed by atoms with Crippen LogP contribution in [0.2, 0.25) is 0 Å². The summed E-state index contributed by atoms with van der Waals surface area (Å²) in [5.41, 5.74) is 0.421. The standard InChI is InChI=1S/C16H18N2O5S2/c1-8(19)10-7-25-15-12(14(21)18(15)13(10)16(22)23-2)17-11(20)6-9-4-3-5-24-9/h3-5,7-8,12-13,15,19H,6H2,1-2H3,(H,17,20)/t8?,12-,13?,15-/m1/s1. The highest BCUT2D eigenvalue weighted by Crippen LogP contribution is 2.41. The van der Waals surface area contributed by atoms with E-state index in [0.717, 1.165) is 4.88 Å². The average Bonchev–Trinajstić information content (AvgIpc) is 3.10. The first kappa shape index (κ1) is 18.0. The van der Waals surface area contributed by atoms with Crippen LogP contribution in [0.25, 0.3) is 0 Å². The number of thiophene rings is 1. The topological polar surface area (TPSA) is 95.9 Å². The molecule has 3 heterocycles. The van der Waals surface area contributed by atoms with Crippen LogP contribution < -0.4 is 5.32 Å². The molecule has 0 spiro atoms. The van der Waals surface area contributed by atoms with E-state index < -0.39 is 24.2 Å². The van der Waals surface area contributed by atoms with Crippen LogP contribution in [0.3, 0.4) is 0 Å². The molecule has 0 saturated carbocycles. The third kappa shape index (κ3) is 3.31. The molecule has 0 aromatic carbocycles. The zero-order valence-corrected chi connectivity index (χ0v) is 15.3. The van der Waals surface area contributed by atoms with Gasteiger partial charge in [0.1, 0.15) is 11.4 Å². The van der Waals surface area contributed by atoms with Crippen molar-refractivity contribution in [3.05, 3.63) is 33.4 Å². The lowest BCUT2D eigenvalue weighted by Crippen LogP contribution is -2.74. The van der Waals surface area contributed by atoms with Gasteiger partial charge >= 0.3 is 5.97 Å². The average molecular weight is 382 g/mol. The molecule has 3 rings (SSSR count). The summed E-state index contributed by atoms with van der Waals surface area (Å²) in [5, 5.41) is 15.8. The molecule has 2 aliphatic heterocycles. The number of rotatable bonds is 5. The highest BCUT2D eigenvalue weighted by molar-refractivity contribution is 8.03. The predicted molar refractivity (Wildman–Crippen MR) is 93.7 cm³/mol. The van der Waals surface area contributed by atoms with Gasteiger partial charge in [-0.05, 0) is 29.4 Å². The van der Waals surface area contributed by atoms with E-state index in [-0.39, 0.29) is 23.6 Å². The molecule has 0 bridgehead atoms. The highest BCUT2D eigenvalue weighted by Gasteiger charge is 2.56. The largest absolute Gasteiger partial charge is 0.467 e. The second-order valence-electron chi connectivity index (χ2n) is 5.79. The number of ether oxygens (including phenoxy) is 1. The quantitative estimate of drug-likeness (QED) is 0.569. The summed E-state index contributed by atoms with van der Waals surface area (Å²) in [4.78, 5) is 39.0. The summed E-state index contributed by atoms with van der Waals surface area (Å²) in [6.07, 6.45) is -0.661. The monoisotopic (exact) mass is 382 g/mol. The number of fused-ring (bicyclic) bond motifs is 1. The van der Waals surface area contributed by atoms with Crippen LogP contribution in [0.15, 0.2) is 28.5 Å². The second kappa shape index (κ2) is 7.19. The number of esters is 1. The Labute approximate surface area is 153 Å². The lowest BCUT2D eigenvalue weighted by molar-refractivity contribution is -0.162. The minimum Gasteiger partial charge on any atom is -0.467 e. The number of aliphatic hydroxyl groups is 1. The maximum Gasteiger partial charge on any atom is 0.333 e. The second-order valence-corrected chi connectivity index (χ2v) is 7.82. The molecular formula is C16H18N2O5S2. The summed E-state index contributed by atoms with van der Waals surface area (Å²) < 4.78 is 4.78. The molecule has 2 N–H and O–H groups in total. The number of nitrogens with zero attached hydrogens (tertiary/aromatic N) is 1. The molecule has 1 saturated heterocycles. The number of nitrogens with one attached hydrogen (secondary N) is 1. The van der Waals surface area contributed by atoms with Gasteiger partial charge in [-0.3, -0.25) is 9.59 Å². The van der Waals surface area contributed by atoms with Crippen LogP contribution in [0.1, 0.15) is 11.8 Å². The molecule has 0 aliphatic carbocycles. The van der Waals surface area contributed by atoms with E-state index >= 15 is 0 Å². The first-order valence-electron chi connectivity index (χ1n) is 7.69. The molecular weight excluding hydrogens is 364 g/mol. The maximum atomic E-state index is 12.5. The van der Waals surface area contributed by atoms with E-state index in [9.17, 15) is 19.5 Å². The maximum absolute atomic E-state index is 12.5. The van der Waals surface area contributed by atoms with Gasteiger partial charge in [-0.1, -0.05) is 6.07 Å². The smallest absolute Gasteiger partial charge is 0.333 e. The molecule has 25 heavy (non-hydrogen) atoms. The zero-order chi connectivity index (χ0) is 18.1. The van der Waals surface area contributed by atoms with Crippen LogP contribution >= 0.6 is 23.1 Å².